The molecule has 1 atom stereocenters. The number of ether oxygens (including phenoxy) is 1. The van der Waals surface area contributed by atoms with Crippen LogP contribution in [0.2, 0.25) is 0 Å². The van der Waals surface area contributed by atoms with Crippen molar-refractivity contribution < 1.29 is 9.53 Å². The number of morpholine rings is 1. The van der Waals surface area contributed by atoms with Crippen molar-refractivity contribution in [3.05, 3.63) is 30.1 Å². The average molecular weight is 361 g/mol. The van der Waals surface area contributed by atoms with E-state index in [1.807, 2.05) is 17.3 Å². The van der Waals surface area contributed by atoms with Gasteiger partial charge in [-0.1, -0.05) is 0 Å². The van der Waals surface area contributed by atoms with Crippen molar-refractivity contribution in [3.63, 3.8) is 0 Å². The minimum absolute atomic E-state index is 0.0369. The van der Waals surface area contributed by atoms with Gasteiger partial charge in [0.05, 0.1) is 19.1 Å². The Labute approximate surface area is 157 Å². The van der Waals surface area contributed by atoms with Crippen LogP contribution < -0.4 is 0 Å². The Morgan fingerprint density at radius 2 is 2.00 bits per heavy atom. The van der Waals surface area contributed by atoms with E-state index < -0.39 is 0 Å². The van der Waals surface area contributed by atoms with Crippen molar-refractivity contribution in [2.75, 3.05) is 45.9 Å². The van der Waals surface area contributed by atoms with Gasteiger partial charge in [0, 0.05) is 64.2 Å². The number of aromatic nitrogens is 1. The Bertz CT molecular complexity index is 566. The average Bonchev–Trinajstić information content (AvgIpc) is 2.88. The maximum atomic E-state index is 12.8. The zero-order valence-corrected chi connectivity index (χ0v) is 16.1. The van der Waals surface area contributed by atoms with Crippen LogP contribution in [-0.4, -0.2) is 83.6 Å². The van der Waals surface area contributed by atoms with Crippen LogP contribution in [0.15, 0.2) is 24.5 Å². The summed E-state index contributed by atoms with van der Waals surface area (Å²) in [5, 5.41) is 0. The molecular weight excluding hydrogens is 328 g/mol. The molecule has 0 N–H and O–H groups in total. The summed E-state index contributed by atoms with van der Waals surface area (Å²) in [6.07, 6.45) is 5.25. The molecule has 1 aromatic rings. The Morgan fingerprint density at radius 1 is 1.19 bits per heavy atom. The lowest BCUT2D eigenvalue weighted by molar-refractivity contribution is -0.136. The first-order valence-electron chi connectivity index (χ1n) is 9.86. The minimum Gasteiger partial charge on any atom is -0.375 e. The second-order valence-corrected chi connectivity index (χ2v) is 7.65. The molecule has 1 amide bonds. The molecule has 0 bridgehead atoms. The summed E-state index contributed by atoms with van der Waals surface area (Å²) < 4.78 is 5.85. The van der Waals surface area contributed by atoms with Crippen LogP contribution in [0.4, 0.5) is 0 Å². The standard InChI is InChI=1S/C20H32N4O2/c1-17(2)24-12-13-26-19(16-24)14-20(25)23-9-3-8-22(10-11-23)15-18-4-6-21-7-5-18/h4-7,17,19H,3,8-16H2,1-2H3. The number of nitrogens with zero attached hydrogens (tertiary/aromatic N) is 4. The summed E-state index contributed by atoms with van der Waals surface area (Å²) in [7, 11) is 0. The van der Waals surface area contributed by atoms with Crippen molar-refractivity contribution in [2.45, 2.75) is 45.4 Å². The van der Waals surface area contributed by atoms with E-state index in [-0.39, 0.29) is 12.0 Å². The molecule has 1 unspecified atom stereocenters. The first-order valence-corrected chi connectivity index (χ1v) is 9.86. The predicted molar refractivity (Wildman–Crippen MR) is 102 cm³/mol. The molecule has 0 spiro atoms. The molecule has 0 aromatic carbocycles. The summed E-state index contributed by atoms with van der Waals surface area (Å²) >= 11 is 0. The van der Waals surface area contributed by atoms with Crippen LogP contribution in [-0.2, 0) is 16.1 Å². The third kappa shape index (κ3) is 5.50. The van der Waals surface area contributed by atoms with E-state index in [1.54, 1.807) is 0 Å². The van der Waals surface area contributed by atoms with E-state index in [1.165, 1.54) is 5.56 Å². The van der Waals surface area contributed by atoms with Gasteiger partial charge in [0.15, 0.2) is 0 Å². The summed E-state index contributed by atoms with van der Waals surface area (Å²) in [6, 6.07) is 4.64. The molecule has 3 heterocycles. The van der Waals surface area contributed by atoms with Gasteiger partial charge in [-0.15, -0.1) is 0 Å². The van der Waals surface area contributed by atoms with Crippen LogP contribution in [0, 0.1) is 0 Å². The molecule has 3 rings (SSSR count). The van der Waals surface area contributed by atoms with E-state index in [0.29, 0.717) is 12.5 Å². The van der Waals surface area contributed by atoms with Crippen LogP contribution in [0.1, 0.15) is 32.3 Å². The van der Waals surface area contributed by atoms with Gasteiger partial charge in [-0.05, 0) is 38.0 Å². The SMILES string of the molecule is CC(C)N1CCOC(CC(=O)N2CCCN(Cc3ccncc3)CC2)C1. The van der Waals surface area contributed by atoms with Crippen molar-refractivity contribution in [1.29, 1.82) is 0 Å². The molecule has 2 aliphatic heterocycles. The number of rotatable bonds is 5. The van der Waals surface area contributed by atoms with Gasteiger partial charge in [-0.25, -0.2) is 0 Å². The molecular formula is C20H32N4O2. The minimum atomic E-state index is 0.0369. The molecule has 6 nitrogen and oxygen atoms in total. The van der Waals surface area contributed by atoms with Gasteiger partial charge >= 0.3 is 0 Å². The van der Waals surface area contributed by atoms with Gasteiger partial charge in [-0.2, -0.15) is 0 Å². The third-order valence-corrected chi connectivity index (χ3v) is 5.40. The molecule has 2 aliphatic rings. The molecule has 2 fully saturated rings. The second kappa shape index (κ2) is 9.44. The number of hydrogen-bond donors (Lipinski definition) is 0. The molecule has 1 aromatic heterocycles. The molecule has 144 valence electrons. The van der Waals surface area contributed by atoms with E-state index in [9.17, 15) is 4.79 Å². The summed E-state index contributed by atoms with van der Waals surface area (Å²) in [5.41, 5.74) is 1.28. The third-order valence-electron chi connectivity index (χ3n) is 5.40. The number of hydrogen-bond acceptors (Lipinski definition) is 5. The summed E-state index contributed by atoms with van der Waals surface area (Å²) in [4.78, 5) is 23.7. The van der Waals surface area contributed by atoms with Crippen molar-refractivity contribution in [3.8, 4) is 0 Å². The van der Waals surface area contributed by atoms with Crippen molar-refractivity contribution in [2.24, 2.45) is 0 Å². The number of pyridine rings is 1. The Balaban J connectivity index is 1.46. The van der Waals surface area contributed by atoms with E-state index in [4.69, 9.17) is 4.74 Å². The highest BCUT2D eigenvalue weighted by molar-refractivity contribution is 5.76. The fourth-order valence-electron chi connectivity index (χ4n) is 3.78. The number of amides is 1. The fraction of sp³-hybridized carbons (Fsp3) is 0.700. The number of carbonyl (C=O) groups excluding carboxylic acids is 1. The van der Waals surface area contributed by atoms with Crippen molar-refractivity contribution in [1.82, 2.24) is 19.7 Å². The van der Waals surface area contributed by atoms with Crippen LogP contribution in [0.5, 0.6) is 0 Å². The molecule has 0 radical (unpaired) electrons. The van der Waals surface area contributed by atoms with E-state index in [2.05, 4.69) is 40.8 Å². The zero-order valence-electron chi connectivity index (χ0n) is 16.1. The van der Waals surface area contributed by atoms with Crippen LogP contribution >= 0.6 is 0 Å². The molecule has 6 heteroatoms. The molecule has 2 saturated heterocycles. The van der Waals surface area contributed by atoms with E-state index >= 15 is 0 Å². The highest BCUT2D eigenvalue weighted by Crippen LogP contribution is 2.14. The Kier molecular flexibility index (Phi) is 7.00. The highest BCUT2D eigenvalue weighted by atomic mass is 16.5. The lowest BCUT2D eigenvalue weighted by Gasteiger charge is -2.36. The summed E-state index contributed by atoms with van der Waals surface area (Å²) in [6.45, 7) is 11.5. The van der Waals surface area contributed by atoms with Gasteiger partial charge in [-0.3, -0.25) is 19.6 Å². The number of carbonyl (C=O) groups is 1. The van der Waals surface area contributed by atoms with Crippen molar-refractivity contribution >= 4 is 5.91 Å². The molecule has 0 saturated carbocycles. The quantitative estimate of drug-likeness (QED) is 0.799. The van der Waals surface area contributed by atoms with Crippen LogP contribution in [0.25, 0.3) is 0 Å². The highest BCUT2D eigenvalue weighted by Gasteiger charge is 2.27. The Morgan fingerprint density at radius 3 is 2.77 bits per heavy atom. The smallest absolute Gasteiger partial charge is 0.225 e. The van der Waals surface area contributed by atoms with Gasteiger partial charge < -0.3 is 9.64 Å². The lowest BCUT2D eigenvalue weighted by Crippen LogP contribution is -2.47. The maximum Gasteiger partial charge on any atom is 0.225 e. The summed E-state index contributed by atoms with van der Waals surface area (Å²) in [5.74, 6) is 0.242. The van der Waals surface area contributed by atoms with E-state index in [0.717, 1.165) is 58.8 Å². The van der Waals surface area contributed by atoms with Crippen LogP contribution in [0.3, 0.4) is 0 Å². The largest absolute Gasteiger partial charge is 0.375 e. The van der Waals surface area contributed by atoms with Gasteiger partial charge in [0.25, 0.3) is 0 Å². The molecule has 26 heavy (non-hydrogen) atoms. The Hall–Kier alpha value is -1.50. The monoisotopic (exact) mass is 360 g/mol. The second-order valence-electron chi connectivity index (χ2n) is 7.65. The first kappa shape index (κ1) is 19.3. The normalized spacial score (nSPS) is 23.2. The first-order chi connectivity index (χ1) is 12.6. The van der Waals surface area contributed by atoms with Gasteiger partial charge in [0.2, 0.25) is 5.91 Å². The predicted octanol–water partition coefficient (Wildman–Crippen LogP) is 1.62. The maximum absolute atomic E-state index is 12.8. The topological polar surface area (TPSA) is 48.9 Å². The molecule has 0 aliphatic carbocycles. The van der Waals surface area contributed by atoms with Gasteiger partial charge in [0.1, 0.15) is 0 Å². The zero-order chi connectivity index (χ0) is 18.4. The fourth-order valence-corrected chi connectivity index (χ4v) is 3.78. The lowest BCUT2D eigenvalue weighted by atomic mass is 10.1.